The van der Waals surface area contributed by atoms with Crippen LogP contribution in [-0.4, -0.2) is 22.4 Å². The van der Waals surface area contributed by atoms with Gasteiger partial charge in [-0.05, 0) is 72.8 Å². The lowest BCUT2D eigenvalue weighted by molar-refractivity contribution is 0.669. The third kappa shape index (κ3) is 3.98. The van der Waals surface area contributed by atoms with E-state index in [1.165, 1.54) is 5.39 Å². The van der Waals surface area contributed by atoms with Gasteiger partial charge in [0.15, 0.2) is 0 Å². The molecule has 3 heterocycles. The highest BCUT2D eigenvalue weighted by Gasteiger charge is 2.17. The highest BCUT2D eigenvalue weighted by molar-refractivity contribution is 6.07. The lowest BCUT2D eigenvalue weighted by Crippen LogP contribution is -1.98. The second-order valence-corrected chi connectivity index (χ2v) is 9.94. The summed E-state index contributed by atoms with van der Waals surface area (Å²) in [6.45, 7) is 3.84. The number of hydrogen-bond acceptors (Lipinski definition) is 3. The summed E-state index contributed by atoms with van der Waals surface area (Å²) in [6, 6.07) is 31.5. The van der Waals surface area contributed by atoms with Crippen LogP contribution in [0, 0.1) is 0 Å². The van der Waals surface area contributed by atoms with E-state index in [4.69, 9.17) is 10.2 Å². The Morgan fingerprint density at radius 3 is 2.15 bits per heavy atom. The van der Waals surface area contributed by atoms with Gasteiger partial charge in [0.05, 0.1) is 22.4 Å². The lowest BCUT2D eigenvalue weighted by Gasteiger charge is -2.10. The first-order valence-electron chi connectivity index (χ1n) is 13.5. The van der Waals surface area contributed by atoms with Crippen molar-refractivity contribution in [2.75, 3.05) is 12.8 Å². The Kier molecular flexibility index (Phi) is 5.90. The van der Waals surface area contributed by atoms with Gasteiger partial charge in [-0.25, -0.2) is 0 Å². The molecule has 0 aliphatic carbocycles. The zero-order chi connectivity index (χ0) is 27.9. The van der Waals surface area contributed by atoms with Gasteiger partial charge in [-0.1, -0.05) is 55.1 Å². The SMILES string of the molecule is C=C/C=C\c1c(N)c2ccccc2n1-c1ccc2oc3ccc(-n4c(/C=C\C=N/C)cc5ccccc54)cc3c2c1. The predicted molar refractivity (Wildman–Crippen MR) is 174 cm³/mol. The number of anilines is 1. The average Bonchev–Trinajstić information content (AvgIpc) is 3.65. The first-order chi connectivity index (χ1) is 20.2. The van der Waals surface area contributed by atoms with Gasteiger partial charge in [-0.15, -0.1) is 0 Å². The van der Waals surface area contributed by atoms with E-state index in [2.05, 4.69) is 99.6 Å². The Morgan fingerprint density at radius 1 is 0.732 bits per heavy atom. The highest BCUT2D eigenvalue weighted by atomic mass is 16.3. The van der Waals surface area contributed by atoms with Crippen LogP contribution in [0.4, 0.5) is 5.69 Å². The maximum absolute atomic E-state index is 6.64. The fraction of sp³-hybridized carbons (Fsp3) is 0.0278. The van der Waals surface area contributed by atoms with Gasteiger partial charge in [0.2, 0.25) is 0 Å². The molecule has 5 nitrogen and oxygen atoms in total. The van der Waals surface area contributed by atoms with Crippen LogP contribution >= 0.6 is 0 Å². The van der Waals surface area contributed by atoms with Crippen LogP contribution in [0.2, 0.25) is 0 Å². The molecular formula is C36H28N4O. The summed E-state index contributed by atoms with van der Waals surface area (Å²) in [6.07, 6.45) is 11.5. The average molecular weight is 533 g/mol. The van der Waals surface area contributed by atoms with Gasteiger partial charge >= 0.3 is 0 Å². The van der Waals surface area contributed by atoms with Crippen LogP contribution in [0.5, 0.6) is 0 Å². The summed E-state index contributed by atoms with van der Waals surface area (Å²) in [4.78, 5) is 4.10. The van der Waals surface area contributed by atoms with Crippen molar-refractivity contribution in [1.29, 1.82) is 0 Å². The quantitative estimate of drug-likeness (QED) is 0.172. The van der Waals surface area contributed by atoms with Gasteiger partial charge in [0.1, 0.15) is 11.2 Å². The number of nitrogens with two attached hydrogens (primary N) is 1. The summed E-state index contributed by atoms with van der Waals surface area (Å²) < 4.78 is 10.8. The molecule has 198 valence electrons. The van der Waals surface area contributed by atoms with Crippen molar-refractivity contribution in [3.63, 3.8) is 0 Å². The van der Waals surface area contributed by atoms with E-state index < -0.39 is 0 Å². The Bertz CT molecular complexity index is 2200. The van der Waals surface area contributed by atoms with E-state index in [1.54, 1.807) is 19.3 Å². The largest absolute Gasteiger partial charge is 0.456 e. The molecule has 3 aromatic heterocycles. The third-order valence-corrected chi connectivity index (χ3v) is 7.54. The molecule has 0 bridgehead atoms. The lowest BCUT2D eigenvalue weighted by atomic mass is 10.1. The standard InChI is InChI=1S/C36H28N4O/c1-3-4-13-33-36(37)28-12-6-8-15-32(28)40(33)27-17-19-35-30(23-27)29-22-26(16-18-34(29)41-35)39-25(11-9-20-38-2)21-24-10-5-7-14-31(24)39/h3-23H,1,37H2,2H3/b11-9-,13-4-,38-20-. The van der Waals surface area contributed by atoms with Crippen LogP contribution in [0.1, 0.15) is 11.4 Å². The van der Waals surface area contributed by atoms with Crippen molar-refractivity contribution < 1.29 is 4.42 Å². The second-order valence-electron chi connectivity index (χ2n) is 9.94. The van der Waals surface area contributed by atoms with E-state index in [9.17, 15) is 0 Å². The summed E-state index contributed by atoms with van der Waals surface area (Å²) in [5, 5.41) is 4.29. The van der Waals surface area contributed by atoms with Gasteiger partial charge < -0.3 is 19.3 Å². The highest BCUT2D eigenvalue weighted by Crippen LogP contribution is 2.37. The zero-order valence-corrected chi connectivity index (χ0v) is 22.7. The van der Waals surface area contributed by atoms with Crippen molar-refractivity contribution in [2.24, 2.45) is 4.99 Å². The first kappa shape index (κ1) is 24.5. The number of rotatable bonds is 6. The summed E-state index contributed by atoms with van der Waals surface area (Å²) >= 11 is 0. The van der Waals surface area contributed by atoms with Crippen LogP contribution in [0.3, 0.4) is 0 Å². The minimum atomic E-state index is 0.742. The molecule has 5 heteroatoms. The van der Waals surface area contributed by atoms with E-state index in [0.717, 1.165) is 66.8 Å². The number of aromatic nitrogens is 2. The van der Waals surface area contributed by atoms with Crippen LogP contribution in [-0.2, 0) is 0 Å². The topological polar surface area (TPSA) is 61.4 Å². The molecule has 0 radical (unpaired) electrons. The molecule has 2 N–H and O–H groups in total. The molecule has 0 saturated heterocycles. The van der Waals surface area contributed by atoms with E-state index in [0.29, 0.717) is 0 Å². The minimum absolute atomic E-state index is 0.742. The molecule has 0 aliphatic rings. The third-order valence-electron chi connectivity index (χ3n) is 7.54. The summed E-state index contributed by atoms with van der Waals surface area (Å²) in [5.74, 6) is 0. The van der Waals surface area contributed by atoms with Gasteiger partial charge in [-0.2, -0.15) is 0 Å². The van der Waals surface area contributed by atoms with Crippen LogP contribution < -0.4 is 5.73 Å². The molecule has 0 spiro atoms. The number of allylic oxidation sites excluding steroid dienone is 3. The van der Waals surface area contributed by atoms with Crippen molar-refractivity contribution in [2.45, 2.75) is 0 Å². The normalized spacial score (nSPS) is 12.4. The fourth-order valence-electron chi connectivity index (χ4n) is 5.73. The van der Waals surface area contributed by atoms with Crippen molar-refractivity contribution in [1.82, 2.24) is 9.13 Å². The molecule has 0 unspecified atom stereocenters. The second kappa shape index (κ2) is 9.88. The Labute approximate surface area is 237 Å². The molecular weight excluding hydrogens is 504 g/mol. The number of nitrogens with zero attached hydrogens (tertiary/aromatic N) is 3. The molecule has 4 aromatic carbocycles. The molecule has 7 aromatic rings. The number of nitrogen functional groups attached to an aromatic ring is 1. The van der Waals surface area contributed by atoms with Crippen LogP contribution in [0.25, 0.3) is 67.3 Å². The number of benzene rings is 4. The molecule has 41 heavy (non-hydrogen) atoms. The first-order valence-corrected chi connectivity index (χ1v) is 13.5. The Morgan fingerprint density at radius 2 is 1.41 bits per heavy atom. The van der Waals surface area contributed by atoms with E-state index >= 15 is 0 Å². The molecule has 7 rings (SSSR count). The van der Waals surface area contributed by atoms with E-state index in [-0.39, 0.29) is 0 Å². The van der Waals surface area contributed by atoms with Crippen molar-refractivity contribution in [3.05, 3.63) is 127 Å². The molecule has 0 saturated carbocycles. The van der Waals surface area contributed by atoms with Crippen molar-refractivity contribution >= 4 is 67.8 Å². The number of furan rings is 1. The Balaban J connectivity index is 1.46. The summed E-state index contributed by atoms with van der Waals surface area (Å²) in [5.41, 5.74) is 15.3. The number of aliphatic imine (C=N–C) groups is 1. The maximum atomic E-state index is 6.64. The van der Waals surface area contributed by atoms with Gasteiger partial charge in [-0.3, -0.25) is 4.99 Å². The zero-order valence-electron chi connectivity index (χ0n) is 22.7. The Hall–Kier alpha value is -5.55. The number of hydrogen-bond donors (Lipinski definition) is 1. The van der Waals surface area contributed by atoms with Crippen molar-refractivity contribution in [3.8, 4) is 11.4 Å². The summed E-state index contributed by atoms with van der Waals surface area (Å²) in [7, 11) is 1.77. The number of fused-ring (bicyclic) bond motifs is 5. The van der Waals surface area contributed by atoms with Gasteiger partial charge in [0, 0.05) is 51.9 Å². The number of para-hydroxylation sites is 2. The molecule has 0 atom stereocenters. The van der Waals surface area contributed by atoms with Gasteiger partial charge in [0.25, 0.3) is 0 Å². The monoisotopic (exact) mass is 532 g/mol. The van der Waals surface area contributed by atoms with E-state index in [1.807, 2.05) is 36.4 Å². The fourth-order valence-corrected chi connectivity index (χ4v) is 5.73. The van der Waals surface area contributed by atoms with Crippen LogP contribution in [0.15, 0.2) is 125 Å². The molecule has 0 fully saturated rings. The minimum Gasteiger partial charge on any atom is -0.456 e. The molecule has 0 aliphatic heterocycles. The molecule has 0 amide bonds. The maximum Gasteiger partial charge on any atom is 0.135 e. The smallest absolute Gasteiger partial charge is 0.135 e. The predicted octanol–water partition coefficient (Wildman–Crippen LogP) is 8.97.